The van der Waals surface area contributed by atoms with Crippen molar-refractivity contribution in [2.24, 2.45) is 13.0 Å². The van der Waals surface area contributed by atoms with Gasteiger partial charge in [-0.3, -0.25) is 9.48 Å². The van der Waals surface area contributed by atoms with Crippen LogP contribution in [0.2, 0.25) is 0 Å². The van der Waals surface area contributed by atoms with E-state index in [4.69, 9.17) is 0 Å². The Morgan fingerprint density at radius 3 is 2.59 bits per heavy atom. The third-order valence-corrected chi connectivity index (χ3v) is 4.54. The summed E-state index contributed by atoms with van der Waals surface area (Å²) in [5.41, 5.74) is 2.11. The molecule has 1 aliphatic rings. The zero-order valence-electron chi connectivity index (χ0n) is 13.1. The second kappa shape index (κ2) is 6.77. The second-order valence-electron chi connectivity index (χ2n) is 6.16. The molecule has 2 aromatic rings. The first-order valence-electron chi connectivity index (χ1n) is 8.04. The Bertz CT molecular complexity index is 612. The molecule has 22 heavy (non-hydrogen) atoms. The molecule has 3 rings (SSSR count). The third-order valence-electron chi connectivity index (χ3n) is 4.54. The van der Waals surface area contributed by atoms with E-state index in [0.717, 1.165) is 38.3 Å². The molecule has 116 valence electrons. The first kappa shape index (κ1) is 14.8. The largest absolute Gasteiger partial charge is 0.339 e. The van der Waals surface area contributed by atoms with Gasteiger partial charge in [-0.15, -0.1) is 0 Å². The van der Waals surface area contributed by atoms with E-state index in [1.807, 2.05) is 11.9 Å². The molecule has 0 bridgehead atoms. The molecule has 0 radical (unpaired) electrons. The number of carbonyl (C=O) groups is 1. The van der Waals surface area contributed by atoms with Gasteiger partial charge < -0.3 is 4.90 Å². The summed E-state index contributed by atoms with van der Waals surface area (Å²) < 4.78 is 1.68. The van der Waals surface area contributed by atoms with Gasteiger partial charge in [-0.25, -0.2) is 0 Å². The van der Waals surface area contributed by atoms with E-state index >= 15 is 0 Å². The van der Waals surface area contributed by atoms with Crippen molar-refractivity contribution in [3.63, 3.8) is 0 Å². The number of carbonyl (C=O) groups excluding carboxylic acids is 1. The van der Waals surface area contributed by atoms with Crippen LogP contribution >= 0.6 is 0 Å². The average molecular weight is 297 g/mol. The topological polar surface area (TPSA) is 38.1 Å². The van der Waals surface area contributed by atoms with Crippen LogP contribution in [0.1, 0.15) is 35.2 Å². The number of rotatable bonds is 4. The first-order valence-corrected chi connectivity index (χ1v) is 8.04. The lowest BCUT2D eigenvalue weighted by molar-refractivity contribution is 0.0687. The highest BCUT2D eigenvalue weighted by Gasteiger charge is 2.24. The minimum atomic E-state index is 0.120. The molecule has 0 spiro atoms. The molecule has 0 unspecified atom stereocenters. The summed E-state index contributed by atoms with van der Waals surface area (Å²) in [7, 11) is 1.84. The molecular formula is C18H23N3O. The number of piperidine rings is 1. The maximum atomic E-state index is 12.4. The molecule has 1 amide bonds. The molecule has 1 aromatic heterocycles. The molecule has 1 aromatic carbocycles. The maximum Gasteiger partial charge on any atom is 0.257 e. The Balaban J connectivity index is 1.47. The predicted octanol–water partition coefficient (Wildman–Crippen LogP) is 2.91. The zero-order chi connectivity index (χ0) is 15.4. The Morgan fingerprint density at radius 1 is 1.23 bits per heavy atom. The molecule has 0 saturated carbocycles. The summed E-state index contributed by atoms with van der Waals surface area (Å²) in [6.07, 6.45) is 8.03. The Labute approximate surface area is 131 Å². The highest BCUT2D eigenvalue weighted by atomic mass is 16.2. The number of amides is 1. The summed E-state index contributed by atoms with van der Waals surface area (Å²) in [5, 5.41) is 4.08. The molecule has 0 aliphatic carbocycles. The van der Waals surface area contributed by atoms with Crippen LogP contribution < -0.4 is 0 Å². The minimum Gasteiger partial charge on any atom is -0.339 e. The van der Waals surface area contributed by atoms with Gasteiger partial charge in [0.1, 0.15) is 0 Å². The molecule has 4 heteroatoms. The molecular weight excluding hydrogens is 274 g/mol. The van der Waals surface area contributed by atoms with Crippen LogP contribution in [0.4, 0.5) is 0 Å². The van der Waals surface area contributed by atoms with Gasteiger partial charge in [0.2, 0.25) is 0 Å². The monoisotopic (exact) mass is 297 g/mol. The van der Waals surface area contributed by atoms with Crippen molar-refractivity contribution in [3.8, 4) is 0 Å². The van der Waals surface area contributed by atoms with Crippen LogP contribution in [0.15, 0.2) is 42.7 Å². The molecule has 4 nitrogen and oxygen atoms in total. The lowest BCUT2D eigenvalue weighted by atomic mass is 9.90. The SMILES string of the molecule is Cn1cc(C(=O)N2CCC(CCc3ccccc3)CC2)cn1. The van der Waals surface area contributed by atoms with Crippen molar-refractivity contribution >= 4 is 5.91 Å². The average Bonchev–Trinajstić information content (AvgIpc) is 3.00. The fraction of sp³-hybridized carbons (Fsp3) is 0.444. The smallest absolute Gasteiger partial charge is 0.257 e. The maximum absolute atomic E-state index is 12.4. The summed E-state index contributed by atoms with van der Waals surface area (Å²) in [4.78, 5) is 14.3. The Hall–Kier alpha value is -2.10. The van der Waals surface area contributed by atoms with Gasteiger partial charge in [-0.1, -0.05) is 30.3 Å². The number of hydrogen-bond donors (Lipinski definition) is 0. The number of benzene rings is 1. The van der Waals surface area contributed by atoms with Gasteiger partial charge in [0.15, 0.2) is 0 Å². The number of hydrogen-bond acceptors (Lipinski definition) is 2. The standard InChI is InChI=1S/C18H23N3O/c1-20-14-17(13-19-20)18(22)21-11-9-16(10-12-21)8-7-15-5-3-2-4-6-15/h2-6,13-14,16H,7-12H2,1H3. The summed E-state index contributed by atoms with van der Waals surface area (Å²) in [6.45, 7) is 1.74. The van der Waals surface area contributed by atoms with Crippen LogP contribution in [-0.4, -0.2) is 33.7 Å². The van der Waals surface area contributed by atoms with Crippen molar-refractivity contribution in [1.29, 1.82) is 0 Å². The van der Waals surface area contributed by atoms with Crippen molar-refractivity contribution in [1.82, 2.24) is 14.7 Å². The van der Waals surface area contributed by atoms with Crippen molar-refractivity contribution < 1.29 is 4.79 Å². The van der Waals surface area contributed by atoms with Crippen molar-refractivity contribution in [2.75, 3.05) is 13.1 Å². The normalized spacial score (nSPS) is 16.0. The lowest BCUT2D eigenvalue weighted by Crippen LogP contribution is -2.38. The van der Waals surface area contributed by atoms with Crippen LogP contribution in [-0.2, 0) is 13.5 Å². The van der Waals surface area contributed by atoms with Gasteiger partial charge in [-0.2, -0.15) is 5.10 Å². The van der Waals surface area contributed by atoms with E-state index < -0.39 is 0 Å². The van der Waals surface area contributed by atoms with Gasteiger partial charge in [0.05, 0.1) is 11.8 Å². The minimum absolute atomic E-state index is 0.120. The van der Waals surface area contributed by atoms with Crippen LogP contribution in [0.5, 0.6) is 0 Å². The highest BCUT2D eigenvalue weighted by Crippen LogP contribution is 2.23. The number of nitrogens with zero attached hydrogens (tertiary/aromatic N) is 3. The third kappa shape index (κ3) is 3.56. The Morgan fingerprint density at radius 2 is 1.95 bits per heavy atom. The molecule has 0 atom stereocenters. The molecule has 1 saturated heterocycles. The van der Waals surface area contributed by atoms with Gasteiger partial charge in [0, 0.05) is 26.3 Å². The van der Waals surface area contributed by atoms with E-state index in [9.17, 15) is 4.79 Å². The fourth-order valence-electron chi connectivity index (χ4n) is 3.15. The summed E-state index contributed by atoms with van der Waals surface area (Å²) >= 11 is 0. The quantitative estimate of drug-likeness (QED) is 0.870. The molecule has 1 aliphatic heterocycles. The number of aromatic nitrogens is 2. The van der Waals surface area contributed by atoms with Crippen LogP contribution in [0, 0.1) is 5.92 Å². The fourth-order valence-corrected chi connectivity index (χ4v) is 3.15. The van der Waals surface area contributed by atoms with E-state index in [1.54, 1.807) is 17.1 Å². The highest BCUT2D eigenvalue weighted by molar-refractivity contribution is 5.93. The Kier molecular flexibility index (Phi) is 4.56. The molecule has 2 heterocycles. The summed E-state index contributed by atoms with van der Waals surface area (Å²) in [6, 6.07) is 10.7. The second-order valence-corrected chi connectivity index (χ2v) is 6.16. The van der Waals surface area contributed by atoms with E-state index in [-0.39, 0.29) is 5.91 Å². The van der Waals surface area contributed by atoms with E-state index in [0.29, 0.717) is 5.56 Å². The first-order chi connectivity index (χ1) is 10.7. The van der Waals surface area contributed by atoms with Gasteiger partial charge in [-0.05, 0) is 37.2 Å². The van der Waals surface area contributed by atoms with Crippen molar-refractivity contribution in [2.45, 2.75) is 25.7 Å². The number of aryl methyl sites for hydroxylation is 2. The van der Waals surface area contributed by atoms with E-state index in [2.05, 4.69) is 35.4 Å². The van der Waals surface area contributed by atoms with Crippen LogP contribution in [0.3, 0.4) is 0 Å². The molecule has 1 fully saturated rings. The van der Waals surface area contributed by atoms with Gasteiger partial charge >= 0.3 is 0 Å². The molecule has 0 N–H and O–H groups in total. The van der Waals surface area contributed by atoms with Crippen molar-refractivity contribution in [3.05, 3.63) is 53.9 Å². The summed E-state index contributed by atoms with van der Waals surface area (Å²) in [5.74, 6) is 0.854. The van der Waals surface area contributed by atoms with E-state index in [1.165, 1.54) is 12.0 Å². The van der Waals surface area contributed by atoms with Crippen LogP contribution in [0.25, 0.3) is 0 Å². The predicted molar refractivity (Wildman–Crippen MR) is 86.6 cm³/mol. The zero-order valence-corrected chi connectivity index (χ0v) is 13.1. The van der Waals surface area contributed by atoms with Gasteiger partial charge in [0.25, 0.3) is 5.91 Å². The lowest BCUT2D eigenvalue weighted by Gasteiger charge is -2.31. The number of likely N-dealkylation sites (tertiary alicyclic amines) is 1.